The first-order valence-electron chi connectivity index (χ1n) is 5.91. The number of rotatable bonds is 4. The van der Waals surface area contributed by atoms with E-state index in [-0.39, 0.29) is 6.54 Å². The van der Waals surface area contributed by atoms with E-state index in [1.54, 1.807) is 18.7 Å². The van der Waals surface area contributed by atoms with Gasteiger partial charge in [0.2, 0.25) is 5.91 Å². The average Bonchev–Trinajstić information content (AvgIpc) is 2.61. The number of likely N-dealkylation sites (tertiary alicyclic amines) is 1. The molecule has 1 saturated heterocycles. The Hall–Kier alpha value is -1.63. The van der Waals surface area contributed by atoms with Gasteiger partial charge in [-0.15, -0.1) is 0 Å². The number of hydrogen-bond acceptors (Lipinski definition) is 4. The van der Waals surface area contributed by atoms with Crippen molar-refractivity contribution in [2.24, 2.45) is 5.41 Å². The van der Waals surface area contributed by atoms with Crippen LogP contribution >= 0.6 is 0 Å². The van der Waals surface area contributed by atoms with Crippen molar-refractivity contribution in [2.45, 2.75) is 20.3 Å². The van der Waals surface area contributed by atoms with Crippen molar-refractivity contribution in [2.75, 3.05) is 26.2 Å². The van der Waals surface area contributed by atoms with Gasteiger partial charge in [-0.25, -0.2) is 4.79 Å². The summed E-state index contributed by atoms with van der Waals surface area (Å²) in [6.07, 6.45) is 0.511. The van der Waals surface area contributed by atoms with Gasteiger partial charge in [0.1, 0.15) is 0 Å². The van der Waals surface area contributed by atoms with Crippen molar-refractivity contribution >= 4 is 17.9 Å². The second-order valence-corrected chi connectivity index (χ2v) is 4.73. The monoisotopic (exact) mass is 257 g/mol. The molecule has 0 aromatic carbocycles. The van der Waals surface area contributed by atoms with E-state index < -0.39 is 23.3 Å². The van der Waals surface area contributed by atoms with Gasteiger partial charge in [-0.05, 0) is 26.8 Å². The lowest BCUT2D eigenvalue weighted by Gasteiger charge is -2.19. The minimum absolute atomic E-state index is 0.0417. The second kappa shape index (κ2) is 5.81. The van der Waals surface area contributed by atoms with E-state index in [2.05, 4.69) is 10.6 Å². The zero-order valence-electron chi connectivity index (χ0n) is 10.7. The third-order valence-corrected chi connectivity index (χ3v) is 3.03. The molecule has 1 heterocycles. The highest BCUT2D eigenvalue weighted by atomic mass is 16.4. The number of nitrogens with one attached hydrogen (secondary N) is 2. The van der Waals surface area contributed by atoms with Crippen LogP contribution in [0.5, 0.6) is 0 Å². The lowest BCUT2D eigenvalue weighted by molar-refractivity contribution is -0.147. The van der Waals surface area contributed by atoms with Crippen LogP contribution < -0.4 is 10.6 Å². The summed E-state index contributed by atoms with van der Waals surface area (Å²) >= 11 is 0. The average molecular weight is 257 g/mol. The van der Waals surface area contributed by atoms with E-state index in [0.717, 1.165) is 0 Å². The van der Waals surface area contributed by atoms with Gasteiger partial charge in [0.15, 0.2) is 0 Å². The van der Waals surface area contributed by atoms with Crippen molar-refractivity contribution in [3.8, 4) is 0 Å². The zero-order chi connectivity index (χ0) is 13.8. The molecule has 7 heteroatoms. The molecule has 0 saturated carbocycles. The van der Waals surface area contributed by atoms with Crippen LogP contribution in [0.4, 0.5) is 4.79 Å². The molecule has 18 heavy (non-hydrogen) atoms. The molecule has 1 atom stereocenters. The Bertz CT molecular complexity index is 358. The minimum atomic E-state index is -0.853. The summed E-state index contributed by atoms with van der Waals surface area (Å²) in [6.45, 7) is 4.77. The molecule has 3 N–H and O–H groups in total. The first-order chi connectivity index (χ1) is 8.37. The normalized spacial score (nSPS) is 23.7. The summed E-state index contributed by atoms with van der Waals surface area (Å²) < 4.78 is 0. The molecular formula is C11H19N3O4. The number of carbonyl (C=O) groups is 3. The summed E-state index contributed by atoms with van der Waals surface area (Å²) in [6, 6.07) is -0.525. The van der Waals surface area contributed by atoms with Gasteiger partial charge in [-0.3, -0.25) is 19.8 Å². The molecule has 3 amide bonds. The Balaban J connectivity index is 2.39. The Labute approximate surface area is 106 Å². The lowest BCUT2D eigenvalue weighted by Crippen LogP contribution is -2.44. The van der Waals surface area contributed by atoms with Crippen LogP contribution in [0.1, 0.15) is 20.3 Å². The van der Waals surface area contributed by atoms with Crippen molar-refractivity contribution in [1.29, 1.82) is 0 Å². The first kappa shape index (κ1) is 14.4. The number of carbonyl (C=O) groups excluding carboxylic acids is 2. The van der Waals surface area contributed by atoms with Gasteiger partial charge in [0, 0.05) is 13.1 Å². The molecule has 1 aliphatic rings. The molecule has 102 valence electrons. The molecule has 0 bridgehead atoms. The summed E-state index contributed by atoms with van der Waals surface area (Å²) in [4.78, 5) is 35.4. The fourth-order valence-electron chi connectivity index (χ4n) is 1.94. The molecule has 0 aromatic heterocycles. The number of urea groups is 1. The topological polar surface area (TPSA) is 98.7 Å². The number of hydrogen-bond donors (Lipinski definition) is 3. The van der Waals surface area contributed by atoms with Gasteiger partial charge in [0.05, 0.1) is 12.0 Å². The fraction of sp³-hybridized carbons (Fsp3) is 0.727. The summed E-state index contributed by atoms with van der Waals surface area (Å²) in [7, 11) is 0. The van der Waals surface area contributed by atoms with Crippen LogP contribution in [-0.4, -0.2) is 54.1 Å². The Morgan fingerprint density at radius 1 is 1.39 bits per heavy atom. The maximum absolute atomic E-state index is 11.5. The molecule has 0 radical (unpaired) electrons. The van der Waals surface area contributed by atoms with Crippen LogP contribution in [0.15, 0.2) is 0 Å². The Morgan fingerprint density at radius 2 is 2.06 bits per heavy atom. The number of amides is 3. The van der Waals surface area contributed by atoms with Crippen LogP contribution in [0, 0.1) is 5.41 Å². The van der Waals surface area contributed by atoms with Gasteiger partial charge in [0.25, 0.3) is 0 Å². The molecule has 0 aliphatic carbocycles. The third-order valence-electron chi connectivity index (χ3n) is 3.03. The first-order valence-corrected chi connectivity index (χ1v) is 5.91. The predicted molar refractivity (Wildman–Crippen MR) is 64.0 cm³/mol. The number of carboxylic acids is 1. The van der Waals surface area contributed by atoms with E-state index in [0.29, 0.717) is 26.1 Å². The maximum atomic E-state index is 11.5. The zero-order valence-corrected chi connectivity index (χ0v) is 10.7. The molecule has 1 aliphatic heterocycles. The highest BCUT2D eigenvalue weighted by molar-refractivity contribution is 5.95. The number of carboxylic acid groups (broad SMARTS) is 1. The van der Waals surface area contributed by atoms with Crippen LogP contribution in [0.25, 0.3) is 0 Å². The molecule has 0 spiro atoms. The van der Waals surface area contributed by atoms with E-state index in [4.69, 9.17) is 5.11 Å². The fourth-order valence-corrected chi connectivity index (χ4v) is 1.94. The molecule has 7 nitrogen and oxygen atoms in total. The van der Waals surface area contributed by atoms with Crippen LogP contribution in [0.2, 0.25) is 0 Å². The van der Waals surface area contributed by atoms with Crippen molar-refractivity contribution in [1.82, 2.24) is 15.5 Å². The van der Waals surface area contributed by atoms with E-state index >= 15 is 0 Å². The van der Waals surface area contributed by atoms with Crippen molar-refractivity contribution < 1.29 is 19.5 Å². The van der Waals surface area contributed by atoms with Gasteiger partial charge < -0.3 is 10.4 Å². The minimum Gasteiger partial charge on any atom is -0.481 e. The molecule has 0 aromatic rings. The molecule has 1 unspecified atom stereocenters. The smallest absolute Gasteiger partial charge is 0.321 e. The van der Waals surface area contributed by atoms with Gasteiger partial charge in [-0.1, -0.05) is 0 Å². The quantitative estimate of drug-likeness (QED) is 0.638. The highest BCUT2D eigenvalue weighted by Crippen LogP contribution is 2.29. The van der Waals surface area contributed by atoms with Crippen LogP contribution in [-0.2, 0) is 9.59 Å². The molecular weight excluding hydrogens is 238 g/mol. The van der Waals surface area contributed by atoms with E-state index in [1.165, 1.54) is 0 Å². The third kappa shape index (κ3) is 3.69. The van der Waals surface area contributed by atoms with Gasteiger partial charge >= 0.3 is 12.0 Å². The van der Waals surface area contributed by atoms with E-state index in [9.17, 15) is 14.4 Å². The highest BCUT2D eigenvalue weighted by Gasteiger charge is 2.40. The molecule has 1 rings (SSSR count). The molecule has 1 fully saturated rings. The number of nitrogens with zero attached hydrogens (tertiary/aromatic N) is 1. The van der Waals surface area contributed by atoms with E-state index in [1.807, 2.05) is 0 Å². The second-order valence-electron chi connectivity index (χ2n) is 4.73. The summed E-state index contributed by atoms with van der Waals surface area (Å²) in [5.74, 6) is -1.27. The number of aliphatic carboxylic acids is 1. The SMILES string of the molecule is CCNC(=O)NC(=O)CN1CCC(C)(C(=O)O)C1. The largest absolute Gasteiger partial charge is 0.481 e. The Kier molecular flexibility index (Phi) is 4.66. The van der Waals surface area contributed by atoms with Crippen molar-refractivity contribution in [3.63, 3.8) is 0 Å². The maximum Gasteiger partial charge on any atom is 0.321 e. The predicted octanol–water partition coefficient (Wildman–Crippen LogP) is -0.371. The summed E-state index contributed by atoms with van der Waals surface area (Å²) in [5.41, 5.74) is -0.800. The Morgan fingerprint density at radius 3 is 2.56 bits per heavy atom. The lowest BCUT2D eigenvalue weighted by atomic mass is 9.90. The van der Waals surface area contributed by atoms with Gasteiger partial charge in [-0.2, -0.15) is 0 Å². The summed E-state index contributed by atoms with van der Waals surface area (Å²) in [5, 5.41) is 13.7. The van der Waals surface area contributed by atoms with Crippen LogP contribution in [0.3, 0.4) is 0 Å². The standard InChI is InChI=1S/C11H19N3O4/c1-3-12-10(18)13-8(15)6-14-5-4-11(2,7-14)9(16)17/h3-7H2,1-2H3,(H,16,17)(H2,12,13,15,18). The number of imide groups is 1. The van der Waals surface area contributed by atoms with Crippen molar-refractivity contribution in [3.05, 3.63) is 0 Å².